The summed E-state index contributed by atoms with van der Waals surface area (Å²) in [5.74, 6) is -1.81. The Morgan fingerprint density at radius 2 is 1.79 bits per heavy atom. The van der Waals surface area contributed by atoms with Crippen LogP contribution in [-0.2, 0) is 20.9 Å². The number of nitrogens with two attached hydrogens (primary N) is 1. The molecular formula is C21H19N3O4S. The van der Waals surface area contributed by atoms with E-state index in [4.69, 9.17) is 5.14 Å². The van der Waals surface area contributed by atoms with E-state index in [-0.39, 0.29) is 23.8 Å². The molecule has 0 atom stereocenters. The third kappa shape index (κ3) is 3.94. The molecule has 1 aliphatic rings. The van der Waals surface area contributed by atoms with Gasteiger partial charge in [-0.15, -0.1) is 0 Å². The van der Waals surface area contributed by atoms with E-state index >= 15 is 0 Å². The van der Waals surface area contributed by atoms with Crippen LogP contribution in [0.1, 0.15) is 15.9 Å². The van der Waals surface area contributed by atoms with E-state index in [2.05, 4.69) is 23.2 Å². The molecule has 0 aliphatic carbocycles. The lowest BCUT2D eigenvalue weighted by Crippen LogP contribution is -2.36. The number of ether oxygens (including phenoxy) is 1. The topological polar surface area (TPSA) is 102 Å². The molecule has 29 heavy (non-hydrogen) atoms. The summed E-state index contributed by atoms with van der Waals surface area (Å²) in [6.07, 6.45) is 0. The highest BCUT2D eigenvalue weighted by Crippen LogP contribution is 2.34. The first kappa shape index (κ1) is 20.4. The fourth-order valence-corrected chi connectivity index (χ4v) is 3.33. The average molecular weight is 409 g/mol. The summed E-state index contributed by atoms with van der Waals surface area (Å²) in [5.41, 5.74) is 2.80. The van der Waals surface area contributed by atoms with Crippen LogP contribution >= 0.6 is 11.9 Å². The first-order valence-electron chi connectivity index (χ1n) is 8.55. The highest BCUT2D eigenvalue weighted by molar-refractivity contribution is 7.97. The second-order valence-corrected chi connectivity index (χ2v) is 6.94. The Morgan fingerprint density at radius 1 is 1.14 bits per heavy atom. The van der Waals surface area contributed by atoms with Gasteiger partial charge in [-0.3, -0.25) is 19.6 Å². The van der Waals surface area contributed by atoms with Gasteiger partial charge in [0.15, 0.2) is 0 Å². The van der Waals surface area contributed by atoms with Crippen molar-refractivity contribution in [1.29, 1.82) is 0 Å². The van der Waals surface area contributed by atoms with E-state index in [9.17, 15) is 14.4 Å². The highest BCUT2D eigenvalue weighted by Gasteiger charge is 2.33. The lowest BCUT2D eigenvalue weighted by atomic mass is 9.97. The molecule has 0 fully saturated rings. The summed E-state index contributed by atoms with van der Waals surface area (Å²) >= 11 is 1.16. The number of nitrogens with zero attached hydrogens (tertiary/aromatic N) is 1. The number of hydrogen-bond acceptors (Lipinski definition) is 6. The predicted molar refractivity (Wildman–Crippen MR) is 110 cm³/mol. The van der Waals surface area contributed by atoms with Crippen LogP contribution in [0.15, 0.2) is 71.9 Å². The van der Waals surface area contributed by atoms with Crippen molar-refractivity contribution in [2.24, 2.45) is 5.14 Å². The third-order valence-electron chi connectivity index (χ3n) is 4.55. The quantitative estimate of drug-likeness (QED) is 0.432. The summed E-state index contributed by atoms with van der Waals surface area (Å²) in [7, 11) is 1.18. The molecule has 1 aliphatic heterocycles. The van der Waals surface area contributed by atoms with Crippen LogP contribution < -0.4 is 10.5 Å². The Balaban J connectivity index is 1.85. The maximum Gasteiger partial charge on any atom is 0.353 e. The number of esters is 1. The maximum absolute atomic E-state index is 12.9. The number of hydrogen-bond donors (Lipinski definition) is 2. The van der Waals surface area contributed by atoms with Gasteiger partial charge >= 0.3 is 5.97 Å². The van der Waals surface area contributed by atoms with Crippen molar-refractivity contribution in [3.05, 3.63) is 78.1 Å². The van der Waals surface area contributed by atoms with Crippen molar-refractivity contribution in [3.63, 3.8) is 0 Å². The molecule has 3 N–H and O–H groups in total. The lowest BCUT2D eigenvalue weighted by Gasteiger charge is -2.18. The molecule has 1 heterocycles. The van der Waals surface area contributed by atoms with Gasteiger partial charge in [-0.05, 0) is 46.8 Å². The molecule has 0 bridgehead atoms. The molecule has 2 aromatic carbocycles. The van der Waals surface area contributed by atoms with Crippen molar-refractivity contribution in [3.8, 4) is 11.1 Å². The van der Waals surface area contributed by atoms with Gasteiger partial charge in [-0.2, -0.15) is 0 Å². The van der Waals surface area contributed by atoms with E-state index in [0.717, 1.165) is 33.5 Å². The van der Waals surface area contributed by atoms with Gasteiger partial charge < -0.3 is 10.1 Å². The molecular weight excluding hydrogens is 390 g/mol. The number of nitrogens with one attached hydrogen (secondary N) is 1. The van der Waals surface area contributed by atoms with Crippen LogP contribution in [-0.4, -0.2) is 29.8 Å². The van der Waals surface area contributed by atoms with Gasteiger partial charge in [-0.1, -0.05) is 37.4 Å². The van der Waals surface area contributed by atoms with Crippen LogP contribution in [0.25, 0.3) is 11.1 Å². The smallest absolute Gasteiger partial charge is 0.353 e. The van der Waals surface area contributed by atoms with Gasteiger partial charge in [0.1, 0.15) is 11.4 Å². The highest BCUT2D eigenvalue weighted by atomic mass is 32.2. The molecule has 7 nitrogen and oxygen atoms in total. The van der Waals surface area contributed by atoms with Crippen LogP contribution in [0.3, 0.4) is 0 Å². The van der Waals surface area contributed by atoms with Crippen LogP contribution in [0, 0.1) is 0 Å². The first-order chi connectivity index (χ1) is 13.9. The van der Waals surface area contributed by atoms with E-state index in [1.165, 1.54) is 12.0 Å². The molecule has 0 radical (unpaired) electrons. The minimum Gasteiger partial charge on any atom is -0.464 e. The number of carbonyl (C=O) groups is 3. The molecule has 2 amide bonds. The van der Waals surface area contributed by atoms with Crippen molar-refractivity contribution in [2.75, 3.05) is 7.11 Å². The van der Waals surface area contributed by atoms with E-state index < -0.39 is 11.9 Å². The van der Waals surface area contributed by atoms with Crippen molar-refractivity contribution < 1.29 is 19.1 Å². The number of benzene rings is 2. The summed E-state index contributed by atoms with van der Waals surface area (Å²) in [4.78, 5) is 38.9. The van der Waals surface area contributed by atoms with Gasteiger partial charge in [-0.25, -0.2) is 4.79 Å². The molecule has 148 valence electrons. The van der Waals surface area contributed by atoms with Gasteiger partial charge in [0.25, 0.3) is 11.8 Å². The zero-order valence-electron chi connectivity index (χ0n) is 15.7. The molecule has 0 saturated heterocycles. The van der Waals surface area contributed by atoms with Gasteiger partial charge in [0, 0.05) is 10.5 Å². The summed E-state index contributed by atoms with van der Waals surface area (Å²) < 4.78 is 4.50. The van der Waals surface area contributed by atoms with Crippen LogP contribution in [0.2, 0.25) is 0 Å². The molecule has 0 unspecified atom stereocenters. The van der Waals surface area contributed by atoms with Crippen molar-refractivity contribution in [1.82, 2.24) is 10.2 Å². The lowest BCUT2D eigenvalue weighted by molar-refractivity contribution is -0.137. The molecule has 0 spiro atoms. The maximum atomic E-state index is 12.9. The fourth-order valence-electron chi connectivity index (χ4n) is 3.04. The SMILES string of the molecule is C=C(NC(=O)C(=C)N1Cc2c(cccc2-c2ccc(SN)cc2)C1=O)C(=O)OC. The summed E-state index contributed by atoms with van der Waals surface area (Å²) in [6, 6.07) is 13.1. The van der Waals surface area contributed by atoms with Crippen LogP contribution in [0.4, 0.5) is 0 Å². The Morgan fingerprint density at radius 3 is 2.41 bits per heavy atom. The fraction of sp³-hybridized carbons (Fsp3) is 0.0952. The monoisotopic (exact) mass is 409 g/mol. The molecule has 8 heteroatoms. The summed E-state index contributed by atoms with van der Waals surface area (Å²) in [5, 5.41) is 7.87. The van der Waals surface area contributed by atoms with E-state index in [1.807, 2.05) is 30.3 Å². The number of rotatable bonds is 6. The molecule has 2 aromatic rings. The molecule has 0 saturated carbocycles. The normalized spacial score (nSPS) is 12.3. The van der Waals surface area contributed by atoms with Gasteiger partial charge in [0.05, 0.1) is 13.7 Å². The Kier molecular flexibility index (Phi) is 5.86. The largest absolute Gasteiger partial charge is 0.464 e. The molecule has 3 rings (SSSR count). The second-order valence-electron chi connectivity index (χ2n) is 6.24. The Labute approximate surface area is 172 Å². The number of amides is 2. The second kappa shape index (κ2) is 8.34. The third-order valence-corrected chi connectivity index (χ3v) is 5.10. The van der Waals surface area contributed by atoms with Crippen LogP contribution in [0.5, 0.6) is 0 Å². The van der Waals surface area contributed by atoms with E-state index in [0.29, 0.717) is 5.56 Å². The Hall–Kier alpha value is -3.36. The Bertz CT molecular complexity index is 1030. The zero-order valence-corrected chi connectivity index (χ0v) is 16.5. The minimum absolute atomic E-state index is 0.0860. The predicted octanol–water partition coefficient (Wildman–Crippen LogP) is 2.59. The van der Waals surface area contributed by atoms with Crippen molar-refractivity contribution >= 4 is 29.7 Å². The zero-order chi connectivity index (χ0) is 21.1. The standard InChI is InChI=1S/C21H19N3O4S/c1-12(21(27)28-3)23-19(25)13(2)24-11-18-16(5-4-6-17(18)20(24)26)14-7-9-15(29-22)10-8-14/h4-10H,1-2,11,22H2,3H3,(H,23,25). The number of carbonyl (C=O) groups excluding carboxylic acids is 3. The number of fused-ring (bicyclic) bond motifs is 1. The van der Waals surface area contributed by atoms with E-state index in [1.54, 1.807) is 12.1 Å². The minimum atomic E-state index is -0.774. The number of methoxy groups -OCH3 is 1. The van der Waals surface area contributed by atoms with Crippen molar-refractivity contribution in [2.45, 2.75) is 11.4 Å². The average Bonchev–Trinajstić information content (AvgIpc) is 3.09. The molecule has 0 aromatic heterocycles. The summed E-state index contributed by atoms with van der Waals surface area (Å²) in [6.45, 7) is 7.34. The van der Waals surface area contributed by atoms with Gasteiger partial charge in [0.2, 0.25) is 0 Å². The first-order valence-corrected chi connectivity index (χ1v) is 9.43.